The van der Waals surface area contributed by atoms with Crippen LogP contribution in [0.1, 0.15) is 44.7 Å². The number of aryl methyl sites for hydroxylation is 2. The molecule has 0 aliphatic heterocycles. The van der Waals surface area contributed by atoms with Gasteiger partial charge < -0.3 is 19.9 Å². The van der Waals surface area contributed by atoms with E-state index >= 15 is 0 Å². The van der Waals surface area contributed by atoms with E-state index in [1.165, 1.54) is 0 Å². The number of carboxylic acids is 1. The molecule has 0 saturated heterocycles. The first-order chi connectivity index (χ1) is 12.1. The average molecular weight is 363 g/mol. The van der Waals surface area contributed by atoms with Crippen LogP contribution in [-0.4, -0.2) is 41.8 Å². The number of aliphatic carboxylic acids is 1. The van der Waals surface area contributed by atoms with Gasteiger partial charge in [0.25, 0.3) is 0 Å². The van der Waals surface area contributed by atoms with Crippen LogP contribution in [0.25, 0.3) is 0 Å². The van der Waals surface area contributed by atoms with Gasteiger partial charge in [0, 0.05) is 18.4 Å². The summed E-state index contributed by atoms with van der Waals surface area (Å²) in [6, 6.07) is 5.89. The summed E-state index contributed by atoms with van der Waals surface area (Å²) < 4.78 is 11.3. The molecule has 1 amide bonds. The van der Waals surface area contributed by atoms with Crippen molar-refractivity contribution >= 4 is 11.9 Å². The Morgan fingerprint density at radius 1 is 1.31 bits per heavy atom. The Kier molecular flexibility index (Phi) is 5.96. The summed E-state index contributed by atoms with van der Waals surface area (Å²) in [5.74, 6) is -0.617. The first-order valence-corrected chi connectivity index (χ1v) is 9.00. The summed E-state index contributed by atoms with van der Waals surface area (Å²) in [6.45, 7) is 10.1. The van der Waals surface area contributed by atoms with Crippen LogP contribution in [0.5, 0.6) is 5.75 Å². The maximum atomic E-state index is 12.4. The van der Waals surface area contributed by atoms with Gasteiger partial charge in [-0.3, -0.25) is 4.79 Å². The van der Waals surface area contributed by atoms with Gasteiger partial charge in [0.2, 0.25) is 5.91 Å². The predicted octanol–water partition coefficient (Wildman–Crippen LogP) is 2.85. The van der Waals surface area contributed by atoms with Crippen LogP contribution in [-0.2, 0) is 14.3 Å². The highest BCUT2D eigenvalue weighted by Gasteiger charge is 2.66. The van der Waals surface area contributed by atoms with Gasteiger partial charge in [-0.1, -0.05) is 26.0 Å². The quantitative estimate of drug-likeness (QED) is 0.742. The molecule has 1 fully saturated rings. The third kappa shape index (κ3) is 3.70. The fourth-order valence-electron chi connectivity index (χ4n) is 3.45. The van der Waals surface area contributed by atoms with E-state index in [0.717, 1.165) is 16.9 Å². The Balaban J connectivity index is 1.95. The second kappa shape index (κ2) is 7.66. The molecule has 6 heteroatoms. The first kappa shape index (κ1) is 20.2. The first-order valence-electron chi connectivity index (χ1n) is 9.00. The second-order valence-corrected chi connectivity index (χ2v) is 7.50. The summed E-state index contributed by atoms with van der Waals surface area (Å²) >= 11 is 0. The standard InChI is InChI=1S/C20H29NO5/c1-6-25-16-12-20(18(23)24,19(16,4)5)21-17(22)9-10-26-15-11-13(2)7-8-14(15)3/h7-8,11,16H,6,9-10,12H2,1-5H3,(H,21,22)(H,23,24). The number of hydrogen-bond acceptors (Lipinski definition) is 4. The number of amides is 1. The highest BCUT2D eigenvalue weighted by atomic mass is 16.5. The fraction of sp³-hybridized carbons (Fsp3) is 0.600. The minimum Gasteiger partial charge on any atom is -0.493 e. The molecule has 1 saturated carbocycles. The lowest BCUT2D eigenvalue weighted by atomic mass is 9.54. The van der Waals surface area contributed by atoms with Crippen LogP contribution >= 0.6 is 0 Å². The maximum Gasteiger partial charge on any atom is 0.330 e. The van der Waals surface area contributed by atoms with Crippen molar-refractivity contribution in [1.82, 2.24) is 5.32 Å². The Morgan fingerprint density at radius 3 is 2.58 bits per heavy atom. The average Bonchev–Trinajstić information content (AvgIpc) is 2.56. The van der Waals surface area contributed by atoms with Crippen molar-refractivity contribution in [1.29, 1.82) is 0 Å². The smallest absolute Gasteiger partial charge is 0.330 e. The number of carbonyl (C=O) groups is 2. The highest BCUT2D eigenvalue weighted by molar-refractivity contribution is 5.89. The normalized spacial score (nSPS) is 23.8. The van der Waals surface area contributed by atoms with Gasteiger partial charge in [-0.15, -0.1) is 0 Å². The topological polar surface area (TPSA) is 84.9 Å². The molecule has 2 rings (SSSR count). The van der Waals surface area contributed by atoms with Crippen molar-refractivity contribution in [2.24, 2.45) is 5.41 Å². The van der Waals surface area contributed by atoms with Crippen LogP contribution in [0, 0.1) is 19.3 Å². The van der Waals surface area contributed by atoms with E-state index in [0.29, 0.717) is 6.61 Å². The molecule has 2 unspecified atom stereocenters. The largest absolute Gasteiger partial charge is 0.493 e. The SMILES string of the molecule is CCOC1CC(NC(=O)CCOc2cc(C)ccc2C)(C(=O)O)C1(C)C. The molecule has 1 aliphatic carbocycles. The van der Waals surface area contributed by atoms with Crippen LogP contribution < -0.4 is 10.1 Å². The number of ether oxygens (including phenoxy) is 2. The van der Waals surface area contributed by atoms with Gasteiger partial charge in [0.15, 0.2) is 0 Å². The van der Waals surface area contributed by atoms with Crippen LogP contribution in [0.15, 0.2) is 18.2 Å². The lowest BCUT2D eigenvalue weighted by molar-refractivity contribution is -0.194. The fourth-order valence-corrected chi connectivity index (χ4v) is 3.45. The van der Waals surface area contributed by atoms with Gasteiger partial charge >= 0.3 is 5.97 Å². The maximum absolute atomic E-state index is 12.4. The van der Waals surface area contributed by atoms with E-state index in [1.54, 1.807) is 0 Å². The second-order valence-electron chi connectivity index (χ2n) is 7.50. The molecule has 0 bridgehead atoms. The van der Waals surface area contributed by atoms with E-state index in [1.807, 2.05) is 52.8 Å². The molecule has 1 aliphatic rings. The van der Waals surface area contributed by atoms with E-state index in [9.17, 15) is 14.7 Å². The molecule has 6 nitrogen and oxygen atoms in total. The number of rotatable bonds is 8. The number of nitrogens with one attached hydrogen (secondary N) is 1. The number of carbonyl (C=O) groups excluding carboxylic acids is 1. The van der Waals surface area contributed by atoms with Crippen molar-refractivity contribution in [2.75, 3.05) is 13.2 Å². The zero-order valence-corrected chi connectivity index (χ0v) is 16.2. The molecule has 2 atom stereocenters. The Morgan fingerprint density at radius 2 is 2.00 bits per heavy atom. The molecule has 0 aromatic heterocycles. The third-order valence-corrected chi connectivity index (χ3v) is 5.41. The van der Waals surface area contributed by atoms with Crippen molar-refractivity contribution in [3.63, 3.8) is 0 Å². The monoisotopic (exact) mass is 363 g/mol. The lowest BCUT2D eigenvalue weighted by Crippen LogP contribution is -2.76. The van der Waals surface area contributed by atoms with Gasteiger partial charge in [0.1, 0.15) is 11.3 Å². The summed E-state index contributed by atoms with van der Waals surface area (Å²) in [4.78, 5) is 24.2. The zero-order chi connectivity index (χ0) is 19.5. The molecule has 1 aromatic rings. The predicted molar refractivity (Wildman–Crippen MR) is 98.3 cm³/mol. The number of hydrogen-bond donors (Lipinski definition) is 2. The molecule has 2 N–H and O–H groups in total. The Bertz CT molecular complexity index is 685. The Hall–Kier alpha value is -2.08. The van der Waals surface area contributed by atoms with Crippen LogP contribution in [0.3, 0.4) is 0 Å². The summed E-state index contributed by atoms with van der Waals surface area (Å²) in [5, 5.41) is 12.4. The highest BCUT2D eigenvalue weighted by Crippen LogP contribution is 2.51. The summed E-state index contributed by atoms with van der Waals surface area (Å²) in [7, 11) is 0. The van der Waals surface area contributed by atoms with Crippen molar-refractivity contribution in [3.8, 4) is 5.75 Å². The molecular weight excluding hydrogens is 334 g/mol. The lowest BCUT2D eigenvalue weighted by Gasteiger charge is -2.58. The van der Waals surface area contributed by atoms with Crippen molar-refractivity contribution < 1.29 is 24.2 Å². The molecule has 1 aromatic carbocycles. The van der Waals surface area contributed by atoms with E-state index in [4.69, 9.17) is 9.47 Å². The van der Waals surface area contributed by atoms with Crippen LogP contribution in [0.2, 0.25) is 0 Å². The summed E-state index contributed by atoms with van der Waals surface area (Å²) in [5.41, 5.74) is 0.0949. The minimum absolute atomic E-state index is 0.0950. The van der Waals surface area contributed by atoms with Crippen molar-refractivity contribution in [3.05, 3.63) is 29.3 Å². The molecule has 0 radical (unpaired) electrons. The number of benzene rings is 1. The van der Waals surface area contributed by atoms with Gasteiger partial charge in [-0.2, -0.15) is 0 Å². The van der Waals surface area contributed by atoms with E-state index < -0.39 is 16.9 Å². The van der Waals surface area contributed by atoms with Gasteiger partial charge in [-0.05, 0) is 38.0 Å². The number of carboxylic acid groups (broad SMARTS) is 1. The van der Waals surface area contributed by atoms with E-state index in [2.05, 4.69) is 5.32 Å². The van der Waals surface area contributed by atoms with Gasteiger partial charge in [0.05, 0.1) is 19.1 Å². The summed E-state index contributed by atoms with van der Waals surface area (Å²) in [6.07, 6.45) is 0.181. The zero-order valence-electron chi connectivity index (χ0n) is 16.2. The molecule has 26 heavy (non-hydrogen) atoms. The minimum atomic E-state index is -1.30. The molecule has 0 spiro atoms. The molecular formula is C20H29NO5. The Labute approximate surface area is 154 Å². The van der Waals surface area contributed by atoms with Crippen LogP contribution in [0.4, 0.5) is 0 Å². The third-order valence-electron chi connectivity index (χ3n) is 5.41. The van der Waals surface area contributed by atoms with Crippen molar-refractivity contribution in [2.45, 2.75) is 59.1 Å². The van der Waals surface area contributed by atoms with E-state index in [-0.39, 0.29) is 31.5 Å². The molecule has 144 valence electrons. The van der Waals surface area contributed by atoms with Gasteiger partial charge in [-0.25, -0.2) is 4.79 Å². The molecule has 0 heterocycles.